The van der Waals surface area contributed by atoms with E-state index in [1.165, 1.54) is 6.07 Å². The second-order valence-electron chi connectivity index (χ2n) is 3.58. The van der Waals surface area contributed by atoms with Crippen molar-refractivity contribution in [2.45, 2.75) is 12.7 Å². The summed E-state index contributed by atoms with van der Waals surface area (Å²) < 4.78 is 53.6. The second-order valence-corrected chi connectivity index (χ2v) is 4.50. The maximum Gasteiger partial charge on any atom is 0.411 e. The second kappa shape index (κ2) is 7.06. The lowest BCUT2D eigenvalue weighted by Gasteiger charge is -2.09. The van der Waals surface area contributed by atoms with E-state index in [2.05, 4.69) is 26.0 Å². The van der Waals surface area contributed by atoms with E-state index < -0.39 is 12.8 Å². The van der Waals surface area contributed by atoms with Gasteiger partial charge in [0.1, 0.15) is 12.4 Å². The predicted molar refractivity (Wildman–Crippen MR) is 62.7 cm³/mol. The van der Waals surface area contributed by atoms with Crippen LogP contribution < -0.4 is 5.32 Å². The standard InChI is InChI=1S/C11H12BrF4NO/c12-9-1-2-10(13)8(5-9)6-17-3-4-18-7-11(14,15)16/h1-2,5,17H,3-4,6-7H2. The summed E-state index contributed by atoms with van der Waals surface area (Å²) >= 11 is 3.21. The number of hydrogen-bond acceptors (Lipinski definition) is 2. The number of hydrogen-bond donors (Lipinski definition) is 1. The Hall–Kier alpha value is -0.660. The van der Waals surface area contributed by atoms with Crippen molar-refractivity contribution in [1.29, 1.82) is 0 Å². The van der Waals surface area contributed by atoms with Gasteiger partial charge >= 0.3 is 6.18 Å². The molecule has 0 aliphatic rings. The van der Waals surface area contributed by atoms with E-state index in [4.69, 9.17) is 0 Å². The molecule has 1 aromatic rings. The Morgan fingerprint density at radius 3 is 2.67 bits per heavy atom. The highest BCUT2D eigenvalue weighted by Crippen LogP contribution is 2.15. The third-order valence-electron chi connectivity index (χ3n) is 2.01. The van der Waals surface area contributed by atoms with E-state index in [1.54, 1.807) is 12.1 Å². The number of rotatable bonds is 6. The van der Waals surface area contributed by atoms with E-state index in [9.17, 15) is 17.6 Å². The molecule has 1 N–H and O–H groups in total. The molecule has 0 aliphatic carbocycles. The van der Waals surface area contributed by atoms with Crippen molar-refractivity contribution in [1.82, 2.24) is 5.32 Å². The first-order chi connectivity index (χ1) is 8.38. The van der Waals surface area contributed by atoms with Crippen molar-refractivity contribution in [3.8, 4) is 0 Å². The Balaban J connectivity index is 2.20. The van der Waals surface area contributed by atoms with E-state index in [1.807, 2.05) is 0 Å². The normalized spacial score (nSPS) is 11.8. The molecule has 0 bridgehead atoms. The smallest absolute Gasteiger partial charge is 0.371 e. The lowest BCUT2D eigenvalue weighted by Crippen LogP contribution is -2.23. The van der Waals surface area contributed by atoms with E-state index in [-0.39, 0.29) is 25.5 Å². The molecule has 0 saturated heterocycles. The number of alkyl halides is 3. The number of halogens is 5. The fourth-order valence-electron chi connectivity index (χ4n) is 1.23. The Morgan fingerprint density at radius 2 is 2.00 bits per heavy atom. The molecule has 18 heavy (non-hydrogen) atoms. The van der Waals surface area contributed by atoms with Crippen molar-refractivity contribution < 1.29 is 22.3 Å². The summed E-state index contributed by atoms with van der Waals surface area (Å²) in [5.41, 5.74) is 0.445. The van der Waals surface area contributed by atoms with Gasteiger partial charge in [-0.05, 0) is 18.2 Å². The van der Waals surface area contributed by atoms with Crippen LogP contribution in [0.4, 0.5) is 17.6 Å². The quantitative estimate of drug-likeness (QED) is 0.639. The molecule has 2 nitrogen and oxygen atoms in total. The van der Waals surface area contributed by atoms with Gasteiger partial charge in [0, 0.05) is 23.1 Å². The van der Waals surface area contributed by atoms with Gasteiger partial charge in [-0.1, -0.05) is 15.9 Å². The highest BCUT2D eigenvalue weighted by Gasteiger charge is 2.27. The van der Waals surface area contributed by atoms with Crippen molar-refractivity contribution in [2.24, 2.45) is 0 Å². The summed E-state index contributed by atoms with van der Waals surface area (Å²) in [6.07, 6.45) is -4.31. The molecule has 102 valence electrons. The molecular weight excluding hydrogens is 318 g/mol. The highest BCUT2D eigenvalue weighted by atomic mass is 79.9. The molecular formula is C11H12BrF4NO. The maximum atomic E-state index is 13.3. The molecule has 0 unspecified atom stereocenters. The van der Waals surface area contributed by atoms with Crippen LogP contribution in [0.5, 0.6) is 0 Å². The van der Waals surface area contributed by atoms with Crippen LogP contribution in [0, 0.1) is 5.82 Å². The average Bonchev–Trinajstić information content (AvgIpc) is 2.26. The zero-order valence-electron chi connectivity index (χ0n) is 9.36. The van der Waals surface area contributed by atoms with Crippen molar-refractivity contribution in [3.63, 3.8) is 0 Å². The monoisotopic (exact) mass is 329 g/mol. The topological polar surface area (TPSA) is 21.3 Å². The molecule has 0 radical (unpaired) electrons. The Morgan fingerprint density at radius 1 is 1.28 bits per heavy atom. The van der Waals surface area contributed by atoms with Gasteiger partial charge in [0.25, 0.3) is 0 Å². The first-order valence-corrected chi connectivity index (χ1v) is 5.97. The SMILES string of the molecule is Fc1ccc(Br)cc1CNCCOCC(F)(F)F. The Labute approximate surface area is 110 Å². The fraction of sp³-hybridized carbons (Fsp3) is 0.455. The summed E-state index contributed by atoms with van der Waals surface area (Å²) in [6.45, 7) is -0.877. The number of nitrogens with one attached hydrogen (secondary N) is 1. The van der Waals surface area contributed by atoms with Crippen LogP contribution in [0.3, 0.4) is 0 Å². The zero-order chi connectivity index (χ0) is 13.6. The van der Waals surface area contributed by atoms with E-state index >= 15 is 0 Å². The highest BCUT2D eigenvalue weighted by molar-refractivity contribution is 9.10. The van der Waals surface area contributed by atoms with Gasteiger partial charge in [-0.3, -0.25) is 0 Å². The third-order valence-corrected chi connectivity index (χ3v) is 2.51. The molecule has 0 aliphatic heterocycles. The summed E-state index contributed by atoms with van der Waals surface area (Å²) in [5, 5.41) is 2.80. The van der Waals surface area contributed by atoms with Crippen molar-refractivity contribution in [3.05, 3.63) is 34.1 Å². The summed E-state index contributed by atoms with van der Waals surface area (Å²) in [4.78, 5) is 0. The van der Waals surface area contributed by atoms with Crippen LogP contribution in [0.25, 0.3) is 0 Å². The summed E-state index contributed by atoms with van der Waals surface area (Å²) in [7, 11) is 0. The van der Waals surface area contributed by atoms with Gasteiger partial charge in [-0.2, -0.15) is 13.2 Å². The molecule has 0 atom stereocenters. The molecule has 0 heterocycles. The first-order valence-electron chi connectivity index (χ1n) is 5.17. The predicted octanol–water partition coefficient (Wildman–Crippen LogP) is 3.26. The molecule has 0 aromatic heterocycles. The van der Waals surface area contributed by atoms with Crippen molar-refractivity contribution >= 4 is 15.9 Å². The zero-order valence-corrected chi connectivity index (χ0v) is 10.9. The summed E-state index contributed by atoms with van der Waals surface area (Å²) in [5.74, 6) is -0.359. The molecule has 1 aromatic carbocycles. The minimum Gasteiger partial charge on any atom is -0.371 e. The lowest BCUT2D eigenvalue weighted by atomic mass is 10.2. The van der Waals surface area contributed by atoms with E-state index in [0.29, 0.717) is 5.56 Å². The Kier molecular flexibility index (Phi) is 6.04. The average molecular weight is 330 g/mol. The molecule has 0 fully saturated rings. The van der Waals surface area contributed by atoms with Crippen LogP contribution in [-0.2, 0) is 11.3 Å². The fourth-order valence-corrected chi connectivity index (χ4v) is 1.64. The summed E-state index contributed by atoms with van der Waals surface area (Å²) in [6, 6.07) is 4.51. The maximum absolute atomic E-state index is 13.3. The van der Waals surface area contributed by atoms with Crippen LogP contribution in [-0.4, -0.2) is 25.9 Å². The minimum absolute atomic E-state index is 0.0743. The molecule has 1 rings (SSSR count). The van der Waals surface area contributed by atoms with Gasteiger partial charge in [0.15, 0.2) is 0 Å². The third kappa shape index (κ3) is 6.32. The van der Waals surface area contributed by atoms with Crippen LogP contribution in [0.1, 0.15) is 5.56 Å². The lowest BCUT2D eigenvalue weighted by molar-refractivity contribution is -0.173. The van der Waals surface area contributed by atoms with Crippen LogP contribution in [0.15, 0.2) is 22.7 Å². The van der Waals surface area contributed by atoms with Crippen LogP contribution in [0.2, 0.25) is 0 Å². The van der Waals surface area contributed by atoms with E-state index in [0.717, 1.165) is 4.47 Å². The molecule has 0 spiro atoms. The van der Waals surface area contributed by atoms with Gasteiger partial charge in [-0.25, -0.2) is 4.39 Å². The van der Waals surface area contributed by atoms with Gasteiger partial charge < -0.3 is 10.1 Å². The largest absolute Gasteiger partial charge is 0.411 e. The van der Waals surface area contributed by atoms with Crippen LogP contribution >= 0.6 is 15.9 Å². The molecule has 0 amide bonds. The number of benzene rings is 1. The van der Waals surface area contributed by atoms with Crippen molar-refractivity contribution in [2.75, 3.05) is 19.8 Å². The van der Waals surface area contributed by atoms with Gasteiger partial charge in [0.05, 0.1) is 6.61 Å². The first kappa shape index (κ1) is 15.4. The molecule has 7 heteroatoms. The Bertz CT molecular complexity index is 384. The molecule has 0 saturated carbocycles. The number of ether oxygens (including phenoxy) is 1. The minimum atomic E-state index is -4.31. The van der Waals surface area contributed by atoms with Gasteiger partial charge in [-0.15, -0.1) is 0 Å². The van der Waals surface area contributed by atoms with Gasteiger partial charge in [0.2, 0.25) is 0 Å².